The van der Waals surface area contributed by atoms with Crippen LogP contribution in [0.25, 0.3) is 10.8 Å². The maximum absolute atomic E-state index is 11.9. The summed E-state index contributed by atoms with van der Waals surface area (Å²) in [6, 6.07) is 12.8. The predicted molar refractivity (Wildman–Crippen MR) is 62.9 cm³/mol. The van der Waals surface area contributed by atoms with Crippen molar-refractivity contribution in [2.24, 2.45) is 0 Å². The van der Waals surface area contributed by atoms with Crippen LogP contribution in [0.3, 0.4) is 0 Å². The first-order valence-electron chi connectivity index (χ1n) is 5.46. The highest BCUT2D eigenvalue weighted by atomic mass is 19.4. The third-order valence-electron chi connectivity index (χ3n) is 2.54. The minimum Gasteiger partial charge on any atom is -0.363 e. The number of carbonyl (C=O) groups is 1. The van der Waals surface area contributed by atoms with Crippen LogP contribution in [0, 0.1) is 0 Å². The van der Waals surface area contributed by atoms with Gasteiger partial charge in [-0.2, -0.15) is 13.2 Å². The molecule has 3 nitrogen and oxygen atoms in total. The van der Waals surface area contributed by atoms with E-state index in [-0.39, 0.29) is 6.54 Å². The van der Waals surface area contributed by atoms with Gasteiger partial charge in [0.2, 0.25) is 0 Å². The van der Waals surface area contributed by atoms with Gasteiger partial charge in [-0.05, 0) is 16.3 Å². The zero-order valence-corrected chi connectivity index (χ0v) is 9.70. The summed E-state index contributed by atoms with van der Waals surface area (Å²) < 4.78 is 35.7. The van der Waals surface area contributed by atoms with Crippen molar-refractivity contribution in [3.05, 3.63) is 48.0 Å². The SMILES string of the molecule is O=C(ONCc1cccc2ccccc12)C(F)(F)F. The first kappa shape index (κ1) is 13.4. The molecule has 0 unspecified atom stereocenters. The van der Waals surface area contributed by atoms with Crippen LogP contribution in [0.15, 0.2) is 42.5 Å². The van der Waals surface area contributed by atoms with E-state index in [0.717, 1.165) is 16.3 Å². The molecule has 100 valence electrons. The Morgan fingerprint density at radius 1 is 1.11 bits per heavy atom. The van der Waals surface area contributed by atoms with Gasteiger partial charge < -0.3 is 4.84 Å². The number of rotatable bonds is 3. The van der Waals surface area contributed by atoms with Crippen LogP contribution in [0.5, 0.6) is 0 Å². The van der Waals surface area contributed by atoms with Crippen LogP contribution < -0.4 is 5.48 Å². The average Bonchev–Trinajstić information content (AvgIpc) is 2.38. The number of hydroxylamine groups is 1. The Hall–Kier alpha value is -2.08. The first-order chi connectivity index (χ1) is 8.98. The van der Waals surface area contributed by atoms with Gasteiger partial charge >= 0.3 is 12.1 Å². The third kappa shape index (κ3) is 3.23. The molecule has 1 N–H and O–H groups in total. The van der Waals surface area contributed by atoms with Gasteiger partial charge in [0, 0.05) is 0 Å². The van der Waals surface area contributed by atoms with Crippen molar-refractivity contribution in [2.45, 2.75) is 12.7 Å². The van der Waals surface area contributed by atoms with Crippen LogP contribution in [-0.2, 0) is 16.2 Å². The molecule has 0 spiro atoms. The molecule has 0 radical (unpaired) electrons. The lowest BCUT2D eigenvalue weighted by Gasteiger charge is -2.09. The quantitative estimate of drug-likeness (QED) is 0.871. The standard InChI is InChI=1S/C13H10F3NO2/c14-13(15,16)12(18)19-17-8-10-6-3-5-9-4-1-2-7-11(9)10/h1-7,17H,8H2. The van der Waals surface area contributed by atoms with Crippen molar-refractivity contribution >= 4 is 16.7 Å². The molecule has 0 amide bonds. The van der Waals surface area contributed by atoms with Crippen LogP contribution >= 0.6 is 0 Å². The van der Waals surface area contributed by atoms with E-state index < -0.39 is 12.1 Å². The third-order valence-corrected chi connectivity index (χ3v) is 2.54. The van der Waals surface area contributed by atoms with E-state index in [0.29, 0.717) is 0 Å². The van der Waals surface area contributed by atoms with Crippen LogP contribution in [-0.4, -0.2) is 12.1 Å². The number of nitrogens with one attached hydrogen (secondary N) is 1. The van der Waals surface area contributed by atoms with Gasteiger partial charge in [0.15, 0.2) is 0 Å². The van der Waals surface area contributed by atoms with Gasteiger partial charge in [0.25, 0.3) is 0 Å². The molecule has 0 aliphatic carbocycles. The number of halogens is 3. The summed E-state index contributed by atoms with van der Waals surface area (Å²) in [6.07, 6.45) is -4.99. The number of carbonyl (C=O) groups excluding carboxylic acids is 1. The summed E-state index contributed by atoms with van der Waals surface area (Å²) in [4.78, 5) is 14.5. The predicted octanol–water partition coefficient (Wildman–Crippen LogP) is 2.95. The Bertz CT molecular complexity index is 590. The van der Waals surface area contributed by atoms with E-state index in [1.54, 1.807) is 12.1 Å². The van der Waals surface area contributed by atoms with Gasteiger partial charge in [-0.15, -0.1) is 5.48 Å². The molecular weight excluding hydrogens is 259 g/mol. The smallest absolute Gasteiger partial charge is 0.363 e. The Labute approximate surface area is 106 Å². The number of alkyl halides is 3. The number of hydrogen-bond acceptors (Lipinski definition) is 3. The fraction of sp³-hybridized carbons (Fsp3) is 0.154. The lowest BCUT2D eigenvalue weighted by Crippen LogP contribution is -2.31. The minimum absolute atomic E-state index is 0.00315. The topological polar surface area (TPSA) is 38.3 Å². The second-order valence-corrected chi connectivity index (χ2v) is 3.85. The summed E-state index contributed by atoms with van der Waals surface area (Å²) in [7, 11) is 0. The maximum Gasteiger partial charge on any atom is 0.492 e. The minimum atomic E-state index is -4.99. The Morgan fingerprint density at radius 2 is 1.79 bits per heavy atom. The lowest BCUT2D eigenvalue weighted by molar-refractivity contribution is -0.207. The number of hydrogen-bond donors (Lipinski definition) is 1. The van der Waals surface area contributed by atoms with Crippen LogP contribution in [0.2, 0.25) is 0 Å². The van der Waals surface area contributed by atoms with Crippen molar-refractivity contribution in [2.75, 3.05) is 0 Å². The van der Waals surface area contributed by atoms with Gasteiger partial charge in [0.1, 0.15) is 0 Å². The molecule has 2 aromatic rings. The molecular formula is C13H10F3NO2. The Balaban J connectivity index is 2.05. The van der Waals surface area contributed by atoms with Gasteiger partial charge in [-0.25, -0.2) is 4.79 Å². The molecule has 0 heterocycles. The van der Waals surface area contributed by atoms with E-state index in [1.807, 2.05) is 35.8 Å². The molecule has 0 aliphatic rings. The molecule has 2 aromatic carbocycles. The van der Waals surface area contributed by atoms with Gasteiger partial charge in [0.05, 0.1) is 6.54 Å². The summed E-state index contributed by atoms with van der Waals surface area (Å²) in [5, 5.41) is 1.85. The Morgan fingerprint density at radius 3 is 2.53 bits per heavy atom. The molecule has 0 saturated heterocycles. The highest BCUT2D eigenvalue weighted by Gasteiger charge is 2.41. The highest BCUT2D eigenvalue weighted by Crippen LogP contribution is 2.19. The van der Waals surface area contributed by atoms with Crippen molar-refractivity contribution in [3.8, 4) is 0 Å². The monoisotopic (exact) mass is 269 g/mol. The molecule has 0 bridgehead atoms. The molecule has 2 rings (SSSR count). The van der Waals surface area contributed by atoms with E-state index >= 15 is 0 Å². The fourth-order valence-electron chi connectivity index (χ4n) is 1.68. The van der Waals surface area contributed by atoms with Crippen molar-refractivity contribution < 1.29 is 22.8 Å². The van der Waals surface area contributed by atoms with Gasteiger partial charge in [-0.1, -0.05) is 42.5 Å². The van der Waals surface area contributed by atoms with Crippen LogP contribution in [0.4, 0.5) is 13.2 Å². The van der Waals surface area contributed by atoms with Crippen molar-refractivity contribution in [1.29, 1.82) is 0 Å². The molecule has 0 saturated carbocycles. The molecule has 0 atom stereocenters. The molecule has 0 fully saturated rings. The molecule has 6 heteroatoms. The van der Waals surface area contributed by atoms with Crippen LogP contribution in [0.1, 0.15) is 5.56 Å². The molecule has 0 aromatic heterocycles. The van der Waals surface area contributed by atoms with E-state index in [1.165, 1.54) is 0 Å². The first-order valence-corrected chi connectivity index (χ1v) is 5.46. The summed E-state index contributed by atoms with van der Waals surface area (Å²) in [5.41, 5.74) is 2.77. The second kappa shape index (κ2) is 5.27. The summed E-state index contributed by atoms with van der Waals surface area (Å²) >= 11 is 0. The molecule has 0 aliphatic heterocycles. The summed E-state index contributed by atoms with van der Waals surface area (Å²) in [5.74, 6) is -2.26. The normalized spacial score (nSPS) is 11.5. The maximum atomic E-state index is 11.9. The van der Waals surface area contributed by atoms with Gasteiger partial charge in [-0.3, -0.25) is 0 Å². The second-order valence-electron chi connectivity index (χ2n) is 3.85. The zero-order chi connectivity index (χ0) is 13.9. The zero-order valence-electron chi connectivity index (χ0n) is 9.70. The lowest BCUT2D eigenvalue weighted by atomic mass is 10.1. The van der Waals surface area contributed by atoms with E-state index in [4.69, 9.17) is 0 Å². The fourth-order valence-corrected chi connectivity index (χ4v) is 1.68. The summed E-state index contributed by atoms with van der Waals surface area (Å²) in [6.45, 7) is 0.00315. The highest BCUT2D eigenvalue weighted by molar-refractivity contribution is 5.85. The van der Waals surface area contributed by atoms with Crippen molar-refractivity contribution in [1.82, 2.24) is 5.48 Å². The largest absolute Gasteiger partial charge is 0.492 e. The Kier molecular flexibility index (Phi) is 3.71. The van der Waals surface area contributed by atoms with Crippen molar-refractivity contribution in [3.63, 3.8) is 0 Å². The molecule has 19 heavy (non-hydrogen) atoms. The van der Waals surface area contributed by atoms with E-state index in [9.17, 15) is 18.0 Å². The van der Waals surface area contributed by atoms with E-state index in [2.05, 4.69) is 4.84 Å². The number of fused-ring (bicyclic) bond motifs is 1. The number of benzene rings is 2. The average molecular weight is 269 g/mol.